The van der Waals surface area contributed by atoms with Gasteiger partial charge in [0.1, 0.15) is 10.8 Å². The van der Waals surface area contributed by atoms with E-state index in [4.69, 9.17) is 16.3 Å². The second kappa shape index (κ2) is 7.13. The van der Waals surface area contributed by atoms with Crippen LogP contribution in [0.15, 0.2) is 18.2 Å². The van der Waals surface area contributed by atoms with Gasteiger partial charge in [0.2, 0.25) is 0 Å². The number of thiazole rings is 1. The standard InChI is InChI=1S/C14H16ClFN2OS/c1-3-17-7-13-12(8-19-2)18-14(20-13)9-4-5-11(16)10(15)6-9/h4-6,17H,3,7-8H2,1-2H3. The van der Waals surface area contributed by atoms with Gasteiger partial charge in [-0.3, -0.25) is 0 Å². The molecule has 0 radical (unpaired) electrons. The highest BCUT2D eigenvalue weighted by Crippen LogP contribution is 2.31. The van der Waals surface area contributed by atoms with Crippen LogP contribution in [0.5, 0.6) is 0 Å². The maximum Gasteiger partial charge on any atom is 0.141 e. The molecule has 2 aromatic rings. The van der Waals surface area contributed by atoms with Crippen LogP contribution in [0.2, 0.25) is 5.02 Å². The second-order valence-electron chi connectivity index (χ2n) is 4.23. The van der Waals surface area contributed by atoms with E-state index >= 15 is 0 Å². The monoisotopic (exact) mass is 314 g/mol. The van der Waals surface area contributed by atoms with Crippen LogP contribution in [0.4, 0.5) is 4.39 Å². The molecule has 2 rings (SSSR count). The minimum atomic E-state index is -0.419. The first-order valence-corrected chi connectivity index (χ1v) is 7.48. The highest BCUT2D eigenvalue weighted by molar-refractivity contribution is 7.15. The molecule has 0 fully saturated rings. The number of aromatic nitrogens is 1. The van der Waals surface area contributed by atoms with Crippen LogP contribution in [-0.4, -0.2) is 18.6 Å². The third-order valence-corrected chi connectivity index (χ3v) is 4.20. The number of halogens is 2. The molecule has 0 aliphatic carbocycles. The van der Waals surface area contributed by atoms with E-state index in [9.17, 15) is 4.39 Å². The Morgan fingerprint density at radius 1 is 1.45 bits per heavy atom. The molecular weight excluding hydrogens is 299 g/mol. The molecule has 3 nitrogen and oxygen atoms in total. The molecule has 0 atom stereocenters. The van der Waals surface area contributed by atoms with Gasteiger partial charge in [0.05, 0.1) is 17.3 Å². The second-order valence-corrected chi connectivity index (χ2v) is 5.72. The fourth-order valence-corrected chi connectivity index (χ4v) is 2.97. The number of methoxy groups -OCH3 is 1. The summed E-state index contributed by atoms with van der Waals surface area (Å²) in [4.78, 5) is 5.70. The molecule has 1 aromatic heterocycles. The van der Waals surface area contributed by atoms with Crippen molar-refractivity contribution in [3.8, 4) is 10.6 Å². The molecule has 0 saturated carbocycles. The summed E-state index contributed by atoms with van der Waals surface area (Å²) in [6.07, 6.45) is 0. The first-order valence-electron chi connectivity index (χ1n) is 6.29. The molecule has 0 bridgehead atoms. The van der Waals surface area contributed by atoms with Crippen LogP contribution in [0, 0.1) is 5.82 Å². The van der Waals surface area contributed by atoms with E-state index in [1.807, 2.05) is 0 Å². The number of ether oxygens (including phenoxy) is 1. The van der Waals surface area contributed by atoms with Gasteiger partial charge in [-0.25, -0.2) is 9.37 Å². The number of nitrogens with one attached hydrogen (secondary N) is 1. The van der Waals surface area contributed by atoms with Crippen LogP contribution < -0.4 is 5.32 Å². The SMILES string of the molecule is CCNCc1sc(-c2ccc(F)c(Cl)c2)nc1COC. The van der Waals surface area contributed by atoms with Crippen LogP contribution >= 0.6 is 22.9 Å². The zero-order chi connectivity index (χ0) is 14.5. The Morgan fingerprint density at radius 2 is 2.25 bits per heavy atom. The summed E-state index contributed by atoms with van der Waals surface area (Å²) in [5.74, 6) is -0.419. The van der Waals surface area contributed by atoms with E-state index in [-0.39, 0.29) is 5.02 Å². The lowest BCUT2D eigenvalue weighted by atomic mass is 10.2. The maximum atomic E-state index is 13.2. The summed E-state index contributed by atoms with van der Waals surface area (Å²) in [5, 5.41) is 4.21. The zero-order valence-electron chi connectivity index (χ0n) is 11.4. The summed E-state index contributed by atoms with van der Waals surface area (Å²) in [6, 6.07) is 4.65. The molecule has 1 N–H and O–H groups in total. The average Bonchev–Trinajstić information content (AvgIpc) is 2.83. The summed E-state index contributed by atoms with van der Waals surface area (Å²) in [5.41, 5.74) is 1.73. The smallest absolute Gasteiger partial charge is 0.141 e. The van der Waals surface area contributed by atoms with Crippen molar-refractivity contribution in [2.75, 3.05) is 13.7 Å². The number of nitrogens with zero attached hydrogens (tertiary/aromatic N) is 1. The molecule has 0 spiro atoms. The summed E-state index contributed by atoms with van der Waals surface area (Å²) in [7, 11) is 1.64. The van der Waals surface area contributed by atoms with Crippen molar-refractivity contribution in [2.45, 2.75) is 20.1 Å². The Balaban J connectivity index is 2.33. The lowest BCUT2D eigenvalue weighted by Crippen LogP contribution is -2.12. The van der Waals surface area contributed by atoms with E-state index in [1.54, 1.807) is 30.6 Å². The molecule has 1 aromatic carbocycles. The van der Waals surface area contributed by atoms with Gasteiger partial charge >= 0.3 is 0 Å². The molecule has 108 valence electrons. The fourth-order valence-electron chi connectivity index (χ4n) is 1.76. The van der Waals surface area contributed by atoms with Crippen molar-refractivity contribution in [3.63, 3.8) is 0 Å². The van der Waals surface area contributed by atoms with Crippen molar-refractivity contribution in [1.82, 2.24) is 10.3 Å². The highest BCUT2D eigenvalue weighted by atomic mass is 35.5. The minimum absolute atomic E-state index is 0.110. The highest BCUT2D eigenvalue weighted by Gasteiger charge is 2.13. The van der Waals surface area contributed by atoms with E-state index in [2.05, 4.69) is 17.2 Å². The van der Waals surface area contributed by atoms with Gasteiger partial charge in [0, 0.05) is 24.1 Å². The summed E-state index contributed by atoms with van der Waals surface area (Å²) >= 11 is 7.39. The quantitative estimate of drug-likeness (QED) is 0.879. The first kappa shape index (κ1) is 15.4. The van der Waals surface area contributed by atoms with E-state index in [1.165, 1.54) is 6.07 Å². The Hall–Kier alpha value is -1.01. The number of hydrogen-bond acceptors (Lipinski definition) is 4. The van der Waals surface area contributed by atoms with Crippen molar-refractivity contribution in [2.24, 2.45) is 0 Å². The molecule has 0 saturated heterocycles. The predicted octanol–water partition coefficient (Wildman–Crippen LogP) is 3.86. The summed E-state index contributed by atoms with van der Waals surface area (Å²) < 4.78 is 18.4. The van der Waals surface area contributed by atoms with Gasteiger partial charge < -0.3 is 10.1 Å². The lowest BCUT2D eigenvalue weighted by molar-refractivity contribution is 0.181. The zero-order valence-corrected chi connectivity index (χ0v) is 12.9. The normalized spacial score (nSPS) is 11.0. The van der Waals surface area contributed by atoms with Crippen LogP contribution in [0.25, 0.3) is 10.6 Å². The number of rotatable bonds is 6. The first-order chi connectivity index (χ1) is 9.65. The fraction of sp³-hybridized carbons (Fsp3) is 0.357. The third-order valence-electron chi connectivity index (χ3n) is 2.76. The molecule has 1 heterocycles. The van der Waals surface area contributed by atoms with Crippen LogP contribution in [0.3, 0.4) is 0 Å². The van der Waals surface area contributed by atoms with Gasteiger partial charge in [0.25, 0.3) is 0 Å². The molecule has 0 unspecified atom stereocenters. The van der Waals surface area contributed by atoms with Crippen molar-refractivity contribution < 1.29 is 9.13 Å². The van der Waals surface area contributed by atoms with E-state index in [0.29, 0.717) is 6.61 Å². The largest absolute Gasteiger partial charge is 0.378 e. The molecule has 0 amide bonds. The van der Waals surface area contributed by atoms with Gasteiger partial charge in [-0.05, 0) is 24.7 Å². The van der Waals surface area contributed by atoms with Gasteiger partial charge in [0.15, 0.2) is 0 Å². The predicted molar refractivity (Wildman–Crippen MR) is 80.6 cm³/mol. The Bertz CT molecular complexity index is 589. The number of hydrogen-bond donors (Lipinski definition) is 1. The van der Waals surface area contributed by atoms with Gasteiger partial charge in [-0.15, -0.1) is 11.3 Å². The molecule has 6 heteroatoms. The molecule has 0 aliphatic rings. The molecule has 20 heavy (non-hydrogen) atoms. The Labute approximate surface area is 126 Å². The van der Waals surface area contributed by atoms with Gasteiger partial charge in [-0.1, -0.05) is 18.5 Å². The average molecular weight is 315 g/mol. The minimum Gasteiger partial charge on any atom is -0.378 e. The van der Waals surface area contributed by atoms with Gasteiger partial charge in [-0.2, -0.15) is 0 Å². The Morgan fingerprint density at radius 3 is 2.90 bits per heavy atom. The van der Waals surface area contributed by atoms with Crippen molar-refractivity contribution >= 4 is 22.9 Å². The van der Waals surface area contributed by atoms with Crippen LogP contribution in [0.1, 0.15) is 17.5 Å². The Kier molecular flexibility index (Phi) is 5.48. The maximum absolute atomic E-state index is 13.2. The summed E-state index contributed by atoms with van der Waals surface area (Å²) in [6.45, 7) is 4.16. The molecular formula is C14H16ClFN2OS. The van der Waals surface area contributed by atoms with Crippen molar-refractivity contribution in [3.05, 3.63) is 39.6 Å². The topological polar surface area (TPSA) is 34.2 Å². The number of benzene rings is 1. The van der Waals surface area contributed by atoms with Crippen molar-refractivity contribution in [1.29, 1.82) is 0 Å². The van der Waals surface area contributed by atoms with Crippen LogP contribution in [-0.2, 0) is 17.9 Å². The van der Waals surface area contributed by atoms with E-state index in [0.717, 1.165) is 34.2 Å². The molecule has 0 aliphatic heterocycles. The van der Waals surface area contributed by atoms with E-state index < -0.39 is 5.82 Å². The third kappa shape index (κ3) is 3.55. The lowest BCUT2D eigenvalue weighted by Gasteiger charge is -2.00.